The van der Waals surface area contributed by atoms with Crippen molar-refractivity contribution < 1.29 is 18.0 Å². The van der Waals surface area contributed by atoms with Crippen LogP contribution >= 0.6 is 0 Å². The Morgan fingerprint density at radius 3 is 2.64 bits per heavy atom. The zero-order valence-corrected chi connectivity index (χ0v) is 13.4. The van der Waals surface area contributed by atoms with E-state index in [1.54, 1.807) is 7.05 Å². The third-order valence-corrected chi connectivity index (χ3v) is 5.49. The van der Waals surface area contributed by atoms with E-state index in [4.69, 9.17) is 5.73 Å². The van der Waals surface area contributed by atoms with Crippen molar-refractivity contribution in [3.05, 3.63) is 18.0 Å². The Balaban J connectivity index is 2.24. The lowest BCUT2D eigenvalue weighted by Crippen LogP contribution is -2.49. The first-order valence-electron chi connectivity index (χ1n) is 6.95. The van der Waals surface area contributed by atoms with Crippen LogP contribution in [0, 0.1) is 0 Å². The van der Waals surface area contributed by atoms with E-state index in [-0.39, 0.29) is 29.1 Å². The summed E-state index contributed by atoms with van der Waals surface area (Å²) in [5.74, 6) is -0.862. The van der Waals surface area contributed by atoms with Crippen LogP contribution in [0.1, 0.15) is 30.3 Å². The van der Waals surface area contributed by atoms with Gasteiger partial charge in [-0.2, -0.15) is 4.31 Å². The highest BCUT2D eigenvalue weighted by Gasteiger charge is 2.31. The van der Waals surface area contributed by atoms with Crippen molar-refractivity contribution in [3.63, 3.8) is 0 Å². The molecule has 1 aliphatic rings. The molecule has 0 bridgehead atoms. The van der Waals surface area contributed by atoms with E-state index in [0.29, 0.717) is 13.0 Å². The fourth-order valence-electron chi connectivity index (χ4n) is 2.64. The van der Waals surface area contributed by atoms with Gasteiger partial charge in [-0.3, -0.25) is 9.59 Å². The third kappa shape index (κ3) is 3.30. The minimum atomic E-state index is -3.71. The molecule has 1 fully saturated rings. The number of hydrogen-bond donors (Lipinski definition) is 2. The van der Waals surface area contributed by atoms with Crippen LogP contribution in [0.5, 0.6) is 0 Å². The van der Waals surface area contributed by atoms with Gasteiger partial charge in [-0.1, -0.05) is 0 Å². The van der Waals surface area contributed by atoms with Gasteiger partial charge in [0.25, 0.3) is 5.91 Å². The SMILES string of the molecule is CC(=O)N[C@H]1CCCN(S(=O)(=O)c2cc(C(N)=O)n(C)c2)C1. The zero-order chi connectivity index (χ0) is 16.5. The first-order chi connectivity index (χ1) is 10.2. The normalized spacial score (nSPS) is 19.8. The monoisotopic (exact) mass is 328 g/mol. The van der Waals surface area contributed by atoms with Gasteiger partial charge < -0.3 is 15.6 Å². The van der Waals surface area contributed by atoms with Crippen molar-refractivity contribution in [3.8, 4) is 0 Å². The molecule has 2 heterocycles. The number of piperidine rings is 1. The topological polar surface area (TPSA) is 114 Å². The van der Waals surface area contributed by atoms with E-state index in [0.717, 1.165) is 6.42 Å². The fraction of sp³-hybridized carbons (Fsp3) is 0.538. The number of nitrogens with one attached hydrogen (secondary N) is 1. The third-order valence-electron chi connectivity index (χ3n) is 3.66. The van der Waals surface area contributed by atoms with Crippen molar-refractivity contribution in [1.82, 2.24) is 14.2 Å². The van der Waals surface area contributed by atoms with Gasteiger partial charge in [0, 0.05) is 39.3 Å². The molecule has 0 radical (unpaired) electrons. The number of carbonyl (C=O) groups excluding carboxylic acids is 2. The predicted octanol–water partition coefficient (Wildman–Crippen LogP) is -0.587. The molecule has 0 aliphatic carbocycles. The molecule has 1 aromatic heterocycles. The predicted molar refractivity (Wildman–Crippen MR) is 79.5 cm³/mol. The summed E-state index contributed by atoms with van der Waals surface area (Å²) in [5.41, 5.74) is 5.34. The lowest BCUT2D eigenvalue weighted by atomic mass is 10.1. The van der Waals surface area contributed by atoms with E-state index >= 15 is 0 Å². The Morgan fingerprint density at radius 2 is 2.09 bits per heavy atom. The van der Waals surface area contributed by atoms with Gasteiger partial charge in [0.2, 0.25) is 15.9 Å². The minimum absolute atomic E-state index is 0.0345. The van der Waals surface area contributed by atoms with Crippen molar-refractivity contribution in [2.75, 3.05) is 13.1 Å². The quantitative estimate of drug-likeness (QED) is 0.769. The van der Waals surface area contributed by atoms with Crippen molar-refractivity contribution >= 4 is 21.8 Å². The Kier molecular flexibility index (Phi) is 4.57. The summed E-state index contributed by atoms with van der Waals surface area (Å²) in [6.45, 7) is 2.02. The molecule has 1 saturated heterocycles. The fourth-order valence-corrected chi connectivity index (χ4v) is 4.23. The van der Waals surface area contributed by atoms with Crippen LogP contribution < -0.4 is 11.1 Å². The molecule has 0 aromatic carbocycles. The number of aryl methyl sites for hydroxylation is 1. The Labute approximate surface area is 129 Å². The zero-order valence-electron chi connectivity index (χ0n) is 12.6. The number of nitrogens with two attached hydrogens (primary N) is 1. The average molecular weight is 328 g/mol. The highest BCUT2D eigenvalue weighted by molar-refractivity contribution is 7.89. The maximum atomic E-state index is 12.7. The number of amides is 2. The number of primary amides is 1. The number of rotatable bonds is 4. The summed E-state index contributed by atoms with van der Waals surface area (Å²) in [4.78, 5) is 22.4. The molecule has 1 aliphatic heterocycles. The Bertz CT molecular complexity index is 695. The molecule has 2 rings (SSSR count). The van der Waals surface area contributed by atoms with Crippen LogP contribution in [-0.2, 0) is 21.9 Å². The molecule has 3 N–H and O–H groups in total. The van der Waals surface area contributed by atoms with Gasteiger partial charge >= 0.3 is 0 Å². The van der Waals surface area contributed by atoms with Crippen LogP contribution in [0.2, 0.25) is 0 Å². The maximum absolute atomic E-state index is 12.7. The molecule has 1 atom stereocenters. The van der Waals surface area contributed by atoms with Gasteiger partial charge in [-0.05, 0) is 18.9 Å². The maximum Gasteiger partial charge on any atom is 0.265 e. The number of hydrogen-bond acceptors (Lipinski definition) is 4. The smallest absolute Gasteiger partial charge is 0.265 e. The van der Waals surface area contributed by atoms with Crippen LogP contribution in [0.15, 0.2) is 17.2 Å². The van der Waals surface area contributed by atoms with Gasteiger partial charge in [-0.15, -0.1) is 0 Å². The minimum Gasteiger partial charge on any atom is -0.364 e. The number of nitrogens with zero attached hydrogens (tertiary/aromatic N) is 2. The molecular weight excluding hydrogens is 308 g/mol. The van der Waals surface area contributed by atoms with E-state index in [1.807, 2.05) is 0 Å². The molecular formula is C13H20N4O4S. The van der Waals surface area contributed by atoms with Gasteiger partial charge in [-0.25, -0.2) is 8.42 Å². The van der Waals surface area contributed by atoms with Crippen LogP contribution in [0.4, 0.5) is 0 Å². The molecule has 8 nitrogen and oxygen atoms in total. The van der Waals surface area contributed by atoms with Crippen molar-refractivity contribution in [2.45, 2.75) is 30.7 Å². The second kappa shape index (κ2) is 6.09. The van der Waals surface area contributed by atoms with E-state index in [1.165, 1.54) is 28.1 Å². The molecule has 0 saturated carbocycles. The summed E-state index contributed by atoms with van der Waals surface area (Å²) in [7, 11) is -2.15. The lowest BCUT2D eigenvalue weighted by Gasteiger charge is -2.31. The molecule has 0 unspecified atom stereocenters. The average Bonchev–Trinajstić information content (AvgIpc) is 2.81. The molecule has 122 valence electrons. The molecule has 22 heavy (non-hydrogen) atoms. The van der Waals surface area contributed by atoms with Gasteiger partial charge in [0.05, 0.1) is 0 Å². The number of aromatic nitrogens is 1. The summed E-state index contributed by atoms with van der Waals surface area (Å²) < 4.78 is 28.0. The molecule has 1 aromatic rings. The van der Waals surface area contributed by atoms with Gasteiger partial charge in [0.1, 0.15) is 10.6 Å². The van der Waals surface area contributed by atoms with Gasteiger partial charge in [0.15, 0.2) is 0 Å². The van der Waals surface area contributed by atoms with E-state index in [2.05, 4.69) is 5.32 Å². The van der Waals surface area contributed by atoms with E-state index in [9.17, 15) is 18.0 Å². The largest absolute Gasteiger partial charge is 0.364 e. The van der Waals surface area contributed by atoms with Crippen LogP contribution in [0.3, 0.4) is 0 Å². The standard InChI is InChI=1S/C13H20N4O4S/c1-9(18)15-10-4-3-5-17(7-10)22(20,21)11-6-12(13(14)19)16(2)8-11/h6,8,10H,3-5,7H2,1-2H3,(H2,14,19)(H,15,18)/t10-/m0/s1. The molecule has 2 amide bonds. The summed E-state index contributed by atoms with van der Waals surface area (Å²) in [5, 5.41) is 2.75. The summed E-state index contributed by atoms with van der Waals surface area (Å²) >= 11 is 0. The van der Waals surface area contributed by atoms with Crippen molar-refractivity contribution in [1.29, 1.82) is 0 Å². The van der Waals surface area contributed by atoms with Crippen LogP contribution in [0.25, 0.3) is 0 Å². The first-order valence-corrected chi connectivity index (χ1v) is 8.39. The highest BCUT2D eigenvalue weighted by Crippen LogP contribution is 2.22. The number of sulfonamides is 1. The lowest BCUT2D eigenvalue weighted by molar-refractivity contribution is -0.119. The van der Waals surface area contributed by atoms with Crippen LogP contribution in [-0.4, -0.2) is 48.2 Å². The van der Waals surface area contributed by atoms with Crippen molar-refractivity contribution in [2.24, 2.45) is 12.8 Å². The second-order valence-corrected chi connectivity index (χ2v) is 7.38. The van der Waals surface area contributed by atoms with E-state index < -0.39 is 15.9 Å². The molecule has 0 spiro atoms. The highest BCUT2D eigenvalue weighted by atomic mass is 32.2. The first kappa shape index (κ1) is 16.5. The number of carbonyl (C=O) groups is 2. The summed E-state index contributed by atoms with van der Waals surface area (Å²) in [6, 6.07) is 1.08. The Hall–Kier alpha value is -1.87. The second-order valence-electron chi connectivity index (χ2n) is 5.44. The molecule has 9 heteroatoms. The Morgan fingerprint density at radius 1 is 1.41 bits per heavy atom. The summed E-state index contributed by atoms with van der Waals surface area (Å²) in [6.07, 6.45) is 2.78.